The summed E-state index contributed by atoms with van der Waals surface area (Å²) in [5.41, 5.74) is 0.837. The van der Waals surface area contributed by atoms with Gasteiger partial charge in [-0.05, 0) is 42.6 Å². The average Bonchev–Trinajstić information content (AvgIpc) is 2.44. The van der Waals surface area contributed by atoms with Gasteiger partial charge >= 0.3 is 0 Å². The third-order valence-electron chi connectivity index (χ3n) is 4.36. The first-order valence-corrected chi connectivity index (χ1v) is 7.70. The van der Waals surface area contributed by atoms with Crippen molar-refractivity contribution in [2.45, 2.75) is 39.2 Å². The zero-order valence-electron chi connectivity index (χ0n) is 12.3. The number of thiocarbonyl (C=S) groups is 1. The molecule has 0 spiro atoms. The highest BCUT2D eigenvalue weighted by molar-refractivity contribution is 7.80. The molecule has 1 aliphatic carbocycles. The number of non-ortho nitro benzene ring substituents is 1. The van der Waals surface area contributed by atoms with Gasteiger partial charge in [-0.25, -0.2) is 0 Å². The number of rotatable bonds is 3. The van der Waals surface area contributed by atoms with Gasteiger partial charge in [0.1, 0.15) is 0 Å². The molecule has 0 saturated heterocycles. The molecule has 0 unspecified atom stereocenters. The molecule has 21 heavy (non-hydrogen) atoms. The number of benzene rings is 1. The molecule has 0 aromatic heterocycles. The van der Waals surface area contributed by atoms with E-state index in [1.165, 1.54) is 25.0 Å². The molecular formula is C15H21N3O2S. The normalized spacial score (nSPS) is 25.1. The minimum Gasteiger partial charge on any atom is -0.359 e. The van der Waals surface area contributed by atoms with Gasteiger partial charge in [-0.15, -0.1) is 0 Å². The fourth-order valence-corrected chi connectivity index (χ4v) is 3.06. The van der Waals surface area contributed by atoms with Gasteiger partial charge in [0, 0.05) is 23.9 Å². The van der Waals surface area contributed by atoms with E-state index in [1.54, 1.807) is 12.1 Å². The van der Waals surface area contributed by atoms with Gasteiger partial charge in [0.05, 0.1) is 4.92 Å². The fourth-order valence-electron chi connectivity index (χ4n) is 2.79. The van der Waals surface area contributed by atoms with Crippen LogP contribution in [-0.2, 0) is 0 Å². The predicted octanol–water partition coefficient (Wildman–Crippen LogP) is 3.71. The van der Waals surface area contributed by atoms with Crippen molar-refractivity contribution in [3.8, 4) is 0 Å². The van der Waals surface area contributed by atoms with Gasteiger partial charge in [-0.1, -0.05) is 26.7 Å². The van der Waals surface area contributed by atoms with E-state index in [0.717, 1.165) is 12.1 Å². The summed E-state index contributed by atoms with van der Waals surface area (Å²) >= 11 is 5.34. The van der Waals surface area contributed by atoms with Crippen LogP contribution in [0, 0.1) is 22.0 Å². The monoisotopic (exact) mass is 307 g/mol. The molecule has 0 radical (unpaired) electrons. The Balaban J connectivity index is 1.90. The zero-order valence-corrected chi connectivity index (χ0v) is 13.2. The van der Waals surface area contributed by atoms with Gasteiger partial charge in [-0.3, -0.25) is 10.1 Å². The predicted molar refractivity (Wildman–Crippen MR) is 88.4 cm³/mol. The largest absolute Gasteiger partial charge is 0.359 e. The molecule has 1 aromatic carbocycles. The fraction of sp³-hybridized carbons (Fsp3) is 0.533. The Bertz CT molecular complexity index is 518. The molecule has 114 valence electrons. The lowest BCUT2D eigenvalue weighted by atomic mass is 9.78. The quantitative estimate of drug-likeness (QED) is 0.506. The summed E-state index contributed by atoms with van der Waals surface area (Å²) in [7, 11) is 0. The number of hydrogen-bond donors (Lipinski definition) is 2. The number of nitro benzene ring substituents is 1. The Kier molecular flexibility index (Phi) is 5.12. The van der Waals surface area contributed by atoms with E-state index in [4.69, 9.17) is 12.2 Å². The van der Waals surface area contributed by atoms with Crippen LogP contribution in [0.15, 0.2) is 24.3 Å². The number of nitrogens with zero attached hydrogens (tertiary/aromatic N) is 1. The van der Waals surface area contributed by atoms with Crippen molar-refractivity contribution in [1.29, 1.82) is 0 Å². The summed E-state index contributed by atoms with van der Waals surface area (Å²) in [5, 5.41) is 17.6. The topological polar surface area (TPSA) is 67.2 Å². The molecule has 1 aliphatic rings. The molecule has 2 rings (SSSR count). The van der Waals surface area contributed by atoms with Crippen LogP contribution in [0.25, 0.3) is 0 Å². The Morgan fingerprint density at radius 3 is 2.57 bits per heavy atom. The molecule has 2 N–H and O–H groups in total. The summed E-state index contributed by atoms with van der Waals surface area (Å²) in [6.07, 6.45) is 3.64. The molecule has 1 saturated carbocycles. The molecule has 5 nitrogen and oxygen atoms in total. The van der Waals surface area contributed by atoms with E-state index in [0.29, 0.717) is 23.0 Å². The van der Waals surface area contributed by atoms with Crippen LogP contribution < -0.4 is 10.6 Å². The third kappa shape index (κ3) is 4.14. The van der Waals surface area contributed by atoms with E-state index >= 15 is 0 Å². The van der Waals surface area contributed by atoms with Crippen LogP contribution in [0.2, 0.25) is 0 Å². The first kappa shape index (κ1) is 15.7. The lowest BCUT2D eigenvalue weighted by Gasteiger charge is -2.35. The second-order valence-electron chi connectivity index (χ2n) is 5.78. The van der Waals surface area contributed by atoms with Gasteiger partial charge < -0.3 is 10.6 Å². The minimum atomic E-state index is -0.411. The second kappa shape index (κ2) is 6.85. The van der Waals surface area contributed by atoms with Crippen LogP contribution in [0.5, 0.6) is 0 Å². The van der Waals surface area contributed by atoms with Crippen molar-refractivity contribution in [3.05, 3.63) is 34.4 Å². The Morgan fingerprint density at radius 2 is 1.95 bits per heavy atom. The van der Waals surface area contributed by atoms with Crippen molar-refractivity contribution in [3.63, 3.8) is 0 Å². The molecule has 0 aliphatic heterocycles. The van der Waals surface area contributed by atoms with E-state index in [-0.39, 0.29) is 5.69 Å². The molecule has 0 heterocycles. The van der Waals surface area contributed by atoms with Gasteiger partial charge in [0.25, 0.3) is 5.69 Å². The summed E-state index contributed by atoms with van der Waals surface area (Å²) in [5.74, 6) is 1.30. The summed E-state index contributed by atoms with van der Waals surface area (Å²) < 4.78 is 0. The van der Waals surface area contributed by atoms with E-state index in [9.17, 15) is 10.1 Å². The molecular weight excluding hydrogens is 286 g/mol. The zero-order chi connectivity index (χ0) is 15.4. The van der Waals surface area contributed by atoms with E-state index in [1.807, 2.05) is 0 Å². The highest BCUT2D eigenvalue weighted by atomic mass is 32.1. The number of hydrogen-bond acceptors (Lipinski definition) is 3. The van der Waals surface area contributed by atoms with Crippen LogP contribution in [0.1, 0.15) is 33.1 Å². The highest BCUT2D eigenvalue weighted by Crippen LogP contribution is 2.29. The van der Waals surface area contributed by atoms with E-state index < -0.39 is 4.92 Å². The van der Waals surface area contributed by atoms with Crippen LogP contribution in [0.4, 0.5) is 11.4 Å². The number of nitro groups is 1. The van der Waals surface area contributed by atoms with Gasteiger partial charge in [0.15, 0.2) is 5.11 Å². The van der Waals surface area contributed by atoms with E-state index in [2.05, 4.69) is 24.5 Å². The van der Waals surface area contributed by atoms with Crippen molar-refractivity contribution in [1.82, 2.24) is 5.32 Å². The summed E-state index contributed by atoms with van der Waals surface area (Å²) in [4.78, 5) is 10.2. The Labute approximate surface area is 130 Å². The summed E-state index contributed by atoms with van der Waals surface area (Å²) in [6, 6.07) is 6.66. The van der Waals surface area contributed by atoms with Crippen molar-refractivity contribution >= 4 is 28.7 Å². The Morgan fingerprint density at radius 1 is 1.29 bits per heavy atom. The molecule has 0 bridgehead atoms. The number of nitrogens with one attached hydrogen (secondary N) is 2. The average molecular weight is 307 g/mol. The molecule has 6 heteroatoms. The van der Waals surface area contributed by atoms with Crippen molar-refractivity contribution in [2.75, 3.05) is 5.32 Å². The Hall–Kier alpha value is -1.69. The van der Waals surface area contributed by atoms with Crippen LogP contribution in [0.3, 0.4) is 0 Å². The standard InChI is InChI=1S/C15H21N3O2S/c1-10-4-3-5-14(11(10)2)17-15(21)16-12-6-8-13(9-7-12)18(19)20/h6-11,14H,3-5H2,1-2H3,(H2,16,17,21)/t10-,11-,14-/m1/s1. The maximum Gasteiger partial charge on any atom is 0.269 e. The maximum absolute atomic E-state index is 10.6. The second-order valence-corrected chi connectivity index (χ2v) is 6.18. The SMILES string of the molecule is C[C@@H]1[C@H](C)CCC[C@H]1NC(=S)Nc1ccc([N+](=O)[O-])cc1. The van der Waals surface area contributed by atoms with Crippen molar-refractivity contribution in [2.24, 2.45) is 11.8 Å². The molecule has 1 aromatic rings. The van der Waals surface area contributed by atoms with Gasteiger partial charge in [0.2, 0.25) is 0 Å². The molecule has 0 amide bonds. The third-order valence-corrected chi connectivity index (χ3v) is 4.58. The van der Waals surface area contributed by atoms with Gasteiger partial charge in [-0.2, -0.15) is 0 Å². The van der Waals surface area contributed by atoms with Crippen LogP contribution in [-0.4, -0.2) is 16.1 Å². The molecule has 1 fully saturated rings. The lowest BCUT2D eigenvalue weighted by Crippen LogP contribution is -2.45. The first-order chi connectivity index (χ1) is 9.97. The first-order valence-electron chi connectivity index (χ1n) is 7.29. The smallest absolute Gasteiger partial charge is 0.269 e. The minimum absolute atomic E-state index is 0.0779. The maximum atomic E-state index is 10.6. The number of anilines is 1. The molecule has 3 atom stereocenters. The lowest BCUT2D eigenvalue weighted by molar-refractivity contribution is -0.384. The highest BCUT2D eigenvalue weighted by Gasteiger charge is 2.27. The summed E-state index contributed by atoms with van der Waals surface area (Å²) in [6.45, 7) is 4.54. The van der Waals surface area contributed by atoms with Crippen LogP contribution >= 0.6 is 12.2 Å². The van der Waals surface area contributed by atoms with Crippen molar-refractivity contribution < 1.29 is 4.92 Å².